The van der Waals surface area contributed by atoms with E-state index in [4.69, 9.17) is 4.74 Å². The summed E-state index contributed by atoms with van der Waals surface area (Å²) in [5.74, 6) is 0.287. The zero-order valence-corrected chi connectivity index (χ0v) is 15.8. The molecule has 1 aliphatic rings. The van der Waals surface area contributed by atoms with E-state index in [1.54, 1.807) is 23.2 Å². The van der Waals surface area contributed by atoms with Crippen LogP contribution < -0.4 is 0 Å². The summed E-state index contributed by atoms with van der Waals surface area (Å²) in [7, 11) is 0. The number of benzene rings is 1. The summed E-state index contributed by atoms with van der Waals surface area (Å²) in [6.07, 6.45) is 2.36. The highest BCUT2D eigenvalue weighted by atomic mass is 19.1. The van der Waals surface area contributed by atoms with Gasteiger partial charge in [0.25, 0.3) is 0 Å². The third-order valence-corrected chi connectivity index (χ3v) is 4.68. The molecular weight excluding hydrogens is 333 g/mol. The first-order valence-electron chi connectivity index (χ1n) is 9.02. The highest BCUT2D eigenvalue weighted by Gasteiger charge is 2.33. The van der Waals surface area contributed by atoms with Crippen LogP contribution in [0.5, 0.6) is 0 Å². The predicted octanol–water partition coefficient (Wildman–Crippen LogP) is 4.37. The van der Waals surface area contributed by atoms with Crippen LogP contribution in [0.3, 0.4) is 0 Å². The number of amides is 1. The Morgan fingerprint density at radius 3 is 2.54 bits per heavy atom. The number of hydrogen-bond donors (Lipinski definition) is 0. The molecule has 1 aliphatic heterocycles. The molecule has 0 N–H and O–H groups in total. The fraction of sp³-hybridized carbons (Fsp3) is 0.500. The van der Waals surface area contributed by atoms with E-state index >= 15 is 0 Å². The number of aromatic nitrogens is 2. The van der Waals surface area contributed by atoms with Crippen molar-refractivity contribution in [2.24, 2.45) is 5.92 Å². The molecule has 2 aromatic rings. The maximum atomic E-state index is 13.2. The van der Waals surface area contributed by atoms with Crippen LogP contribution >= 0.6 is 0 Å². The number of rotatable bonds is 2. The van der Waals surface area contributed by atoms with E-state index in [2.05, 4.69) is 12.0 Å². The Hall–Kier alpha value is -2.37. The monoisotopic (exact) mass is 359 g/mol. The molecule has 1 fully saturated rings. The molecule has 0 spiro atoms. The van der Waals surface area contributed by atoms with Crippen LogP contribution in [-0.4, -0.2) is 39.5 Å². The van der Waals surface area contributed by atoms with Crippen molar-refractivity contribution < 1.29 is 13.9 Å². The zero-order valence-electron chi connectivity index (χ0n) is 15.8. The molecule has 1 aromatic heterocycles. The molecule has 2 atom stereocenters. The summed E-state index contributed by atoms with van der Waals surface area (Å²) in [6, 6.07) is 8.34. The first-order valence-corrected chi connectivity index (χ1v) is 9.02. The third-order valence-electron chi connectivity index (χ3n) is 4.68. The molecule has 26 heavy (non-hydrogen) atoms. The Labute approximate surface area is 153 Å². The normalized spacial score (nSPS) is 20.9. The summed E-state index contributed by atoms with van der Waals surface area (Å²) in [5.41, 5.74) is 1.44. The topological polar surface area (TPSA) is 47.4 Å². The number of nitrogens with zero attached hydrogens (tertiary/aromatic N) is 3. The second-order valence-electron chi connectivity index (χ2n) is 7.94. The van der Waals surface area contributed by atoms with E-state index in [0.29, 0.717) is 13.1 Å². The lowest BCUT2D eigenvalue weighted by atomic mass is 9.84. The number of likely N-dealkylation sites (tertiary alicyclic amines) is 1. The van der Waals surface area contributed by atoms with Crippen molar-refractivity contribution >= 4 is 6.09 Å². The quantitative estimate of drug-likeness (QED) is 0.800. The Morgan fingerprint density at radius 2 is 1.92 bits per heavy atom. The van der Waals surface area contributed by atoms with E-state index in [1.807, 2.05) is 31.5 Å². The molecule has 0 unspecified atom stereocenters. The Kier molecular flexibility index (Phi) is 5.03. The van der Waals surface area contributed by atoms with Gasteiger partial charge < -0.3 is 9.64 Å². The molecule has 3 rings (SSSR count). The number of halogens is 1. The van der Waals surface area contributed by atoms with Gasteiger partial charge in [-0.05, 0) is 63.4 Å². The van der Waals surface area contributed by atoms with Gasteiger partial charge in [0.2, 0.25) is 0 Å². The molecule has 140 valence electrons. The maximum absolute atomic E-state index is 13.2. The van der Waals surface area contributed by atoms with Crippen LogP contribution in [0, 0.1) is 11.7 Å². The van der Waals surface area contributed by atoms with Crippen molar-refractivity contribution in [3.8, 4) is 5.69 Å². The van der Waals surface area contributed by atoms with E-state index in [9.17, 15) is 9.18 Å². The van der Waals surface area contributed by atoms with Crippen LogP contribution in [0.4, 0.5) is 9.18 Å². The summed E-state index contributed by atoms with van der Waals surface area (Å²) in [5, 5.41) is 4.42. The van der Waals surface area contributed by atoms with Gasteiger partial charge in [0.1, 0.15) is 11.4 Å². The molecule has 1 aromatic carbocycles. The van der Waals surface area contributed by atoms with Gasteiger partial charge in [0, 0.05) is 30.9 Å². The van der Waals surface area contributed by atoms with Gasteiger partial charge in [-0.2, -0.15) is 5.10 Å². The van der Waals surface area contributed by atoms with Gasteiger partial charge in [0.05, 0.1) is 5.69 Å². The third kappa shape index (κ3) is 4.06. The smallest absolute Gasteiger partial charge is 0.410 e. The van der Waals surface area contributed by atoms with E-state index in [-0.39, 0.29) is 23.7 Å². The first kappa shape index (κ1) is 18.4. The van der Waals surface area contributed by atoms with Gasteiger partial charge in [-0.3, -0.25) is 0 Å². The van der Waals surface area contributed by atoms with Crippen molar-refractivity contribution in [1.29, 1.82) is 0 Å². The number of carbonyl (C=O) groups excluding carboxylic acids is 1. The Balaban J connectivity index is 1.74. The lowest BCUT2D eigenvalue weighted by Gasteiger charge is -2.37. The summed E-state index contributed by atoms with van der Waals surface area (Å²) < 4.78 is 20.6. The highest BCUT2D eigenvalue weighted by Crippen LogP contribution is 2.34. The average molecular weight is 359 g/mol. The molecule has 1 amide bonds. The van der Waals surface area contributed by atoms with Crippen LogP contribution in [-0.2, 0) is 4.74 Å². The number of piperidine rings is 1. The van der Waals surface area contributed by atoms with Gasteiger partial charge in [0.15, 0.2) is 0 Å². The summed E-state index contributed by atoms with van der Waals surface area (Å²) in [4.78, 5) is 14.1. The van der Waals surface area contributed by atoms with Gasteiger partial charge >= 0.3 is 6.09 Å². The first-order chi connectivity index (χ1) is 12.2. The molecule has 0 aliphatic carbocycles. The predicted molar refractivity (Wildman–Crippen MR) is 97.9 cm³/mol. The Morgan fingerprint density at radius 1 is 1.23 bits per heavy atom. The van der Waals surface area contributed by atoms with Crippen molar-refractivity contribution in [1.82, 2.24) is 14.7 Å². The molecular formula is C20H26FN3O2. The minimum absolute atomic E-state index is 0.255. The SMILES string of the molecule is C[C@H]1CN(C(=O)OC(C)(C)C)CC[C@H]1c1ccnn1-c1ccc(F)cc1. The highest BCUT2D eigenvalue weighted by molar-refractivity contribution is 5.68. The molecule has 0 radical (unpaired) electrons. The van der Waals surface area contributed by atoms with Crippen LogP contribution in [0.15, 0.2) is 36.5 Å². The van der Waals surface area contributed by atoms with Crippen molar-refractivity contribution in [2.75, 3.05) is 13.1 Å². The lowest BCUT2D eigenvalue weighted by molar-refractivity contribution is 0.0153. The molecule has 0 saturated carbocycles. The van der Waals surface area contributed by atoms with Crippen molar-refractivity contribution in [3.63, 3.8) is 0 Å². The maximum Gasteiger partial charge on any atom is 0.410 e. The fourth-order valence-electron chi connectivity index (χ4n) is 3.47. The second-order valence-corrected chi connectivity index (χ2v) is 7.94. The van der Waals surface area contributed by atoms with Crippen LogP contribution in [0.25, 0.3) is 5.69 Å². The van der Waals surface area contributed by atoms with E-state index in [1.165, 1.54) is 12.1 Å². The summed E-state index contributed by atoms with van der Waals surface area (Å²) in [6.45, 7) is 9.07. The Bertz CT molecular complexity index is 764. The molecule has 1 saturated heterocycles. The van der Waals surface area contributed by atoms with Crippen LogP contribution in [0.1, 0.15) is 45.7 Å². The zero-order chi connectivity index (χ0) is 18.9. The van der Waals surface area contributed by atoms with Crippen LogP contribution in [0.2, 0.25) is 0 Å². The summed E-state index contributed by atoms with van der Waals surface area (Å²) >= 11 is 0. The minimum atomic E-state index is -0.488. The molecule has 5 nitrogen and oxygen atoms in total. The lowest BCUT2D eigenvalue weighted by Crippen LogP contribution is -2.44. The van der Waals surface area contributed by atoms with Gasteiger partial charge in [-0.25, -0.2) is 13.9 Å². The fourth-order valence-corrected chi connectivity index (χ4v) is 3.47. The van der Waals surface area contributed by atoms with Crippen molar-refractivity contribution in [3.05, 3.63) is 48.0 Å². The second kappa shape index (κ2) is 7.09. The van der Waals surface area contributed by atoms with E-state index in [0.717, 1.165) is 17.8 Å². The van der Waals surface area contributed by atoms with Crippen molar-refractivity contribution in [2.45, 2.75) is 45.6 Å². The minimum Gasteiger partial charge on any atom is -0.444 e. The molecule has 6 heteroatoms. The number of ether oxygens (including phenoxy) is 1. The standard InChI is InChI=1S/C20H26FN3O2/c1-14-13-23(19(25)26-20(2,3)4)12-10-17(14)18-9-11-22-24(18)16-7-5-15(21)6-8-16/h5-9,11,14,17H,10,12-13H2,1-4H3/t14-,17+/m0/s1. The number of hydrogen-bond acceptors (Lipinski definition) is 3. The molecule has 0 bridgehead atoms. The van der Waals surface area contributed by atoms with Gasteiger partial charge in [-0.15, -0.1) is 0 Å². The number of carbonyl (C=O) groups is 1. The molecule has 2 heterocycles. The van der Waals surface area contributed by atoms with E-state index < -0.39 is 5.60 Å². The largest absolute Gasteiger partial charge is 0.444 e. The average Bonchev–Trinajstić information content (AvgIpc) is 3.03. The van der Waals surface area contributed by atoms with Gasteiger partial charge in [-0.1, -0.05) is 6.92 Å².